The minimum Gasteiger partial charge on any atom is -0.317 e. The van der Waals surface area contributed by atoms with Crippen LogP contribution in [-0.2, 0) is 0 Å². The molecule has 2 heteroatoms. The molecule has 0 atom stereocenters. The van der Waals surface area contributed by atoms with E-state index in [0.29, 0.717) is 0 Å². The maximum atomic E-state index is 3.53. The smallest absolute Gasteiger partial charge is 0.00368 e. The summed E-state index contributed by atoms with van der Waals surface area (Å²) in [6.07, 6.45) is 10.1. The van der Waals surface area contributed by atoms with Gasteiger partial charge < -0.3 is 10.6 Å². The Morgan fingerprint density at radius 3 is 2.33 bits per heavy atom. The van der Waals surface area contributed by atoms with E-state index in [9.17, 15) is 0 Å². The summed E-state index contributed by atoms with van der Waals surface area (Å²) in [5.41, 5.74) is 0. The summed E-state index contributed by atoms with van der Waals surface area (Å²) in [6.45, 7) is 6.82. The molecule has 1 fully saturated rings. The molecule has 0 spiro atoms. The van der Waals surface area contributed by atoms with E-state index < -0.39 is 0 Å². The fourth-order valence-corrected chi connectivity index (χ4v) is 2.45. The highest BCUT2D eigenvalue weighted by atomic mass is 14.9. The lowest BCUT2D eigenvalue weighted by Gasteiger charge is -2.09. The first-order valence-electron chi connectivity index (χ1n) is 6.85. The molecule has 0 bridgehead atoms. The molecule has 2 N–H and O–H groups in total. The second kappa shape index (κ2) is 9.17. The number of nitrogens with one attached hydrogen (secondary N) is 2. The molecule has 1 rings (SSSR count). The Kier molecular flexibility index (Phi) is 7.94. The lowest BCUT2D eigenvalue weighted by atomic mass is 10.0. The fourth-order valence-electron chi connectivity index (χ4n) is 2.45. The van der Waals surface area contributed by atoms with Crippen molar-refractivity contribution in [3.63, 3.8) is 0 Å². The molecule has 0 radical (unpaired) electrons. The van der Waals surface area contributed by atoms with Crippen molar-refractivity contribution >= 4 is 0 Å². The van der Waals surface area contributed by atoms with Gasteiger partial charge in [-0.2, -0.15) is 0 Å². The van der Waals surface area contributed by atoms with E-state index in [4.69, 9.17) is 0 Å². The first-order chi connectivity index (χ1) is 7.43. The Bertz CT molecular complexity index is 130. The van der Waals surface area contributed by atoms with Gasteiger partial charge in [-0.1, -0.05) is 32.6 Å². The lowest BCUT2D eigenvalue weighted by Crippen LogP contribution is -2.22. The Balaban J connectivity index is 1.73. The molecule has 0 saturated heterocycles. The third-order valence-corrected chi connectivity index (χ3v) is 3.40. The maximum absolute atomic E-state index is 3.53. The summed E-state index contributed by atoms with van der Waals surface area (Å²) in [7, 11) is 0. The lowest BCUT2D eigenvalue weighted by molar-refractivity contribution is 0.468. The summed E-state index contributed by atoms with van der Waals surface area (Å²) >= 11 is 0. The van der Waals surface area contributed by atoms with E-state index in [1.54, 1.807) is 0 Å². The third-order valence-electron chi connectivity index (χ3n) is 3.40. The summed E-state index contributed by atoms with van der Waals surface area (Å²) in [6, 6.07) is 0. The molecule has 0 aromatic carbocycles. The van der Waals surface area contributed by atoms with Crippen LogP contribution in [0.1, 0.15) is 51.9 Å². The molecule has 1 aliphatic rings. The minimum absolute atomic E-state index is 1.06. The van der Waals surface area contributed by atoms with Crippen molar-refractivity contribution in [3.8, 4) is 0 Å². The summed E-state index contributed by atoms with van der Waals surface area (Å²) in [4.78, 5) is 0. The molecule has 0 amide bonds. The first-order valence-corrected chi connectivity index (χ1v) is 6.85. The fraction of sp³-hybridized carbons (Fsp3) is 1.00. The van der Waals surface area contributed by atoms with Crippen molar-refractivity contribution in [1.29, 1.82) is 0 Å². The average molecular weight is 212 g/mol. The van der Waals surface area contributed by atoms with Gasteiger partial charge in [0.05, 0.1) is 0 Å². The van der Waals surface area contributed by atoms with Crippen LogP contribution in [0, 0.1) is 5.92 Å². The number of hydrogen-bond donors (Lipinski definition) is 2. The number of rotatable bonds is 9. The van der Waals surface area contributed by atoms with Crippen molar-refractivity contribution in [2.24, 2.45) is 5.92 Å². The summed E-state index contributed by atoms with van der Waals surface area (Å²) < 4.78 is 0. The van der Waals surface area contributed by atoms with Gasteiger partial charge in [-0.05, 0) is 51.4 Å². The Labute approximate surface area is 95.2 Å². The van der Waals surface area contributed by atoms with Crippen LogP contribution in [-0.4, -0.2) is 26.2 Å². The van der Waals surface area contributed by atoms with Gasteiger partial charge in [0.15, 0.2) is 0 Å². The van der Waals surface area contributed by atoms with Gasteiger partial charge in [-0.15, -0.1) is 0 Å². The molecule has 2 nitrogen and oxygen atoms in total. The molecular formula is C13H28N2. The highest BCUT2D eigenvalue weighted by Crippen LogP contribution is 2.28. The summed E-state index contributed by atoms with van der Waals surface area (Å²) in [5, 5.41) is 6.87. The molecule has 0 aromatic rings. The second-order valence-electron chi connectivity index (χ2n) is 4.75. The van der Waals surface area contributed by atoms with Crippen LogP contribution >= 0.6 is 0 Å². The van der Waals surface area contributed by atoms with Gasteiger partial charge in [-0.25, -0.2) is 0 Å². The molecule has 0 aromatic heterocycles. The van der Waals surface area contributed by atoms with E-state index in [-0.39, 0.29) is 0 Å². The van der Waals surface area contributed by atoms with Gasteiger partial charge in [-0.3, -0.25) is 0 Å². The van der Waals surface area contributed by atoms with Crippen LogP contribution < -0.4 is 10.6 Å². The number of hydrogen-bond acceptors (Lipinski definition) is 2. The van der Waals surface area contributed by atoms with E-state index in [0.717, 1.165) is 19.0 Å². The molecule has 90 valence electrons. The molecular weight excluding hydrogens is 184 g/mol. The van der Waals surface area contributed by atoms with Gasteiger partial charge in [0, 0.05) is 0 Å². The third kappa shape index (κ3) is 6.91. The zero-order valence-electron chi connectivity index (χ0n) is 10.4. The van der Waals surface area contributed by atoms with E-state index in [1.807, 2.05) is 0 Å². The standard InChI is InChI=1S/C13H28N2/c1-2-14-11-6-12-15-10-5-9-13-7-3-4-8-13/h13-15H,2-12H2,1H3. The minimum atomic E-state index is 1.06. The average Bonchev–Trinajstić information content (AvgIpc) is 2.75. The van der Waals surface area contributed by atoms with E-state index >= 15 is 0 Å². The molecule has 15 heavy (non-hydrogen) atoms. The van der Waals surface area contributed by atoms with E-state index in [1.165, 1.54) is 58.0 Å². The predicted octanol–water partition coefficient (Wildman–Crippen LogP) is 2.55. The topological polar surface area (TPSA) is 24.1 Å². The van der Waals surface area contributed by atoms with Gasteiger partial charge in [0.25, 0.3) is 0 Å². The van der Waals surface area contributed by atoms with Crippen LogP contribution in [0.4, 0.5) is 0 Å². The van der Waals surface area contributed by atoms with Crippen molar-refractivity contribution in [3.05, 3.63) is 0 Å². The van der Waals surface area contributed by atoms with Crippen LogP contribution in [0.3, 0.4) is 0 Å². The molecule has 0 aliphatic heterocycles. The zero-order chi connectivity index (χ0) is 10.8. The maximum Gasteiger partial charge on any atom is -0.00368 e. The van der Waals surface area contributed by atoms with Gasteiger partial charge in [0.1, 0.15) is 0 Å². The second-order valence-corrected chi connectivity index (χ2v) is 4.75. The quantitative estimate of drug-likeness (QED) is 0.574. The van der Waals surface area contributed by atoms with Crippen LogP contribution in [0.2, 0.25) is 0 Å². The molecule has 0 heterocycles. The van der Waals surface area contributed by atoms with Crippen LogP contribution in [0.15, 0.2) is 0 Å². The van der Waals surface area contributed by atoms with Gasteiger partial charge >= 0.3 is 0 Å². The zero-order valence-corrected chi connectivity index (χ0v) is 10.4. The molecule has 1 saturated carbocycles. The summed E-state index contributed by atoms with van der Waals surface area (Å²) in [5.74, 6) is 1.06. The first kappa shape index (κ1) is 13.0. The van der Waals surface area contributed by atoms with Gasteiger partial charge in [0.2, 0.25) is 0 Å². The highest BCUT2D eigenvalue weighted by Gasteiger charge is 2.13. The van der Waals surface area contributed by atoms with Crippen molar-refractivity contribution in [2.75, 3.05) is 26.2 Å². The SMILES string of the molecule is CCNCCCNCCCC1CCCC1. The molecule has 0 unspecified atom stereocenters. The van der Waals surface area contributed by atoms with E-state index in [2.05, 4.69) is 17.6 Å². The van der Waals surface area contributed by atoms with Crippen molar-refractivity contribution in [2.45, 2.75) is 51.9 Å². The predicted molar refractivity (Wildman–Crippen MR) is 67.2 cm³/mol. The van der Waals surface area contributed by atoms with Crippen molar-refractivity contribution < 1.29 is 0 Å². The Morgan fingerprint density at radius 1 is 0.933 bits per heavy atom. The Morgan fingerprint density at radius 2 is 1.60 bits per heavy atom. The van der Waals surface area contributed by atoms with Crippen LogP contribution in [0.25, 0.3) is 0 Å². The van der Waals surface area contributed by atoms with Crippen LogP contribution in [0.5, 0.6) is 0 Å². The monoisotopic (exact) mass is 212 g/mol. The van der Waals surface area contributed by atoms with Crippen molar-refractivity contribution in [1.82, 2.24) is 10.6 Å². The Hall–Kier alpha value is -0.0800. The normalized spacial score (nSPS) is 17.4. The largest absolute Gasteiger partial charge is 0.317 e. The molecule has 1 aliphatic carbocycles. The highest BCUT2D eigenvalue weighted by molar-refractivity contribution is 4.67.